The zero-order valence-corrected chi connectivity index (χ0v) is 12.7. The molecule has 0 bridgehead atoms. The van der Waals surface area contributed by atoms with Gasteiger partial charge in [-0.15, -0.1) is 0 Å². The van der Waals surface area contributed by atoms with E-state index in [0.717, 1.165) is 24.8 Å². The second kappa shape index (κ2) is 7.88. The Balaban J connectivity index is 2.44. The SMILES string of the molecule is Cc1ccccc1CC(CBr)CCOC(C)C. The minimum atomic E-state index is 0.337. The number of ether oxygens (including phenoxy) is 1. The van der Waals surface area contributed by atoms with Crippen LogP contribution in [-0.2, 0) is 11.2 Å². The summed E-state index contributed by atoms with van der Waals surface area (Å²) in [6.07, 6.45) is 2.60. The monoisotopic (exact) mass is 298 g/mol. The molecule has 0 aliphatic carbocycles. The molecular formula is C15H23BrO. The Labute approximate surface area is 114 Å². The van der Waals surface area contributed by atoms with Gasteiger partial charge >= 0.3 is 0 Å². The van der Waals surface area contributed by atoms with E-state index < -0.39 is 0 Å². The zero-order chi connectivity index (χ0) is 12.7. The van der Waals surface area contributed by atoms with Crippen molar-refractivity contribution in [2.45, 2.75) is 39.7 Å². The smallest absolute Gasteiger partial charge is 0.0518 e. The maximum atomic E-state index is 5.62. The van der Waals surface area contributed by atoms with E-state index in [1.807, 2.05) is 0 Å². The Morgan fingerprint density at radius 3 is 2.53 bits per heavy atom. The van der Waals surface area contributed by atoms with Gasteiger partial charge in [0.15, 0.2) is 0 Å². The Kier molecular flexibility index (Phi) is 6.83. The first-order valence-corrected chi connectivity index (χ1v) is 7.47. The number of rotatable bonds is 7. The molecular weight excluding hydrogens is 276 g/mol. The second-order valence-corrected chi connectivity index (χ2v) is 5.51. The highest BCUT2D eigenvalue weighted by molar-refractivity contribution is 9.09. The summed E-state index contributed by atoms with van der Waals surface area (Å²) in [5, 5.41) is 1.04. The van der Waals surface area contributed by atoms with Gasteiger partial charge in [-0.3, -0.25) is 0 Å². The van der Waals surface area contributed by atoms with Crippen LogP contribution in [0.25, 0.3) is 0 Å². The van der Waals surface area contributed by atoms with Crippen molar-refractivity contribution in [3.05, 3.63) is 35.4 Å². The largest absolute Gasteiger partial charge is 0.379 e. The molecule has 1 unspecified atom stereocenters. The average Bonchev–Trinajstić information content (AvgIpc) is 2.30. The minimum Gasteiger partial charge on any atom is -0.379 e. The predicted octanol–water partition coefficient (Wildman–Crippen LogP) is 4.36. The van der Waals surface area contributed by atoms with E-state index in [1.165, 1.54) is 11.1 Å². The van der Waals surface area contributed by atoms with Gasteiger partial charge in [0.1, 0.15) is 0 Å². The highest BCUT2D eigenvalue weighted by atomic mass is 79.9. The lowest BCUT2D eigenvalue weighted by molar-refractivity contribution is 0.0701. The molecule has 96 valence electrons. The van der Waals surface area contributed by atoms with Gasteiger partial charge in [-0.2, -0.15) is 0 Å². The van der Waals surface area contributed by atoms with Gasteiger partial charge in [-0.1, -0.05) is 40.2 Å². The molecule has 17 heavy (non-hydrogen) atoms. The van der Waals surface area contributed by atoms with E-state index in [2.05, 4.69) is 61.0 Å². The summed E-state index contributed by atoms with van der Waals surface area (Å²) in [7, 11) is 0. The standard InChI is InChI=1S/C15H23BrO/c1-12(2)17-9-8-14(11-16)10-15-7-5-4-6-13(15)3/h4-7,12,14H,8-11H2,1-3H3. The number of benzene rings is 1. The summed E-state index contributed by atoms with van der Waals surface area (Å²) < 4.78 is 5.62. The topological polar surface area (TPSA) is 9.23 Å². The quantitative estimate of drug-likeness (QED) is 0.680. The molecule has 1 rings (SSSR count). The number of aryl methyl sites for hydroxylation is 1. The van der Waals surface area contributed by atoms with Crippen LogP contribution < -0.4 is 0 Å². The van der Waals surface area contributed by atoms with Crippen molar-refractivity contribution in [2.75, 3.05) is 11.9 Å². The molecule has 1 nitrogen and oxygen atoms in total. The Morgan fingerprint density at radius 1 is 1.24 bits per heavy atom. The third kappa shape index (κ3) is 5.69. The first kappa shape index (κ1) is 14.7. The molecule has 0 radical (unpaired) electrons. The van der Waals surface area contributed by atoms with Crippen LogP contribution in [0, 0.1) is 12.8 Å². The van der Waals surface area contributed by atoms with Crippen molar-refractivity contribution in [3.8, 4) is 0 Å². The number of alkyl halides is 1. The van der Waals surface area contributed by atoms with Crippen LogP contribution in [0.2, 0.25) is 0 Å². The highest BCUT2D eigenvalue weighted by Gasteiger charge is 2.10. The summed E-state index contributed by atoms with van der Waals surface area (Å²) in [6, 6.07) is 8.64. The summed E-state index contributed by atoms with van der Waals surface area (Å²) in [5.74, 6) is 0.662. The molecule has 0 saturated carbocycles. The molecule has 0 aromatic heterocycles. The first-order valence-electron chi connectivity index (χ1n) is 6.35. The van der Waals surface area contributed by atoms with E-state index in [9.17, 15) is 0 Å². The lowest BCUT2D eigenvalue weighted by atomic mass is 9.95. The molecule has 0 saturated heterocycles. The number of halogens is 1. The molecule has 0 fully saturated rings. The van der Waals surface area contributed by atoms with Crippen molar-refractivity contribution in [1.82, 2.24) is 0 Å². The lowest BCUT2D eigenvalue weighted by Gasteiger charge is -2.16. The van der Waals surface area contributed by atoms with Gasteiger partial charge < -0.3 is 4.74 Å². The van der Waals surface area contributed by atoms with Crippen LogP contribution in [0.3, 0.4) is 0 Å². The van der Waals surface area contributed by atoms with Gasteiger partial charge in [0.05, 0.1) is 6.10 Å². The normalized spacial score (nSPS) is 13.0. The van der Waals surface area contributed by atoms with Crippen molar-refractivity contribution < 1.29 is 4.74 Å². The van der Waals surface area contributed by atoms with Gasteiger partial charge in [-0.05, 0) is 50.7 Å². The first-order chi connectivity index (χ1) is 8.13. The number of hydrogen-bond acceptors (Lipinski definition) is 1. The second-order valence-electron chi connectivity index (χ2n) is 4.86. The van der Waals surface area contributed by atoms with Gasteiger partial charge in [0.25, 0.3) is 0 Å². The van der Waals surface area contributed by atoms with E-state index in [4.69, 9.17) is 4.74 Å². The lowest BCUT2D eigenvalue weighted by Crippen LogP contribution is -2.13. The maximum Gasteiger partial charge on any atom is 0.0518 e. The maximum absolute atomic E-state index is 5.62. The van der Waals surface area contributed by atoms with Crippen LogP contribution in [0.5, 0.6) is 0 Å². The van der Waals surface area contributed by atoms with Gasteiger partial charge in [0, 0.05) is 11.9 Å². The minimum absolute atomic E-state index is 0.337. The third-order valence-electron chi connectivity index (χ3n) is 2.97. The van der Waals surface area contributed by atoms with Gasteiger partial charge in [-0.25, -0.2) is 0 Å². The van der Waals surface area contributed by atoms with Crippen molar-refractivity contribution in [3.63, 3.8) is 0 Å². The van der Waals surface area contributed by atoms with E-state index in [1.54, 1.807) is 0 Å². The third-order valence-corrected chi connectivity index (χ3v) is 3.88. The molecule has 1 aromatic rings. The highest BCUT2D eigenvalue weighted by Crippen LogP contribution is 2.18. The molecule has 0 N–H and O–H groups in total. The molecule has 2 heteroatoms. The van der Waals surface area contributed by atoms with E-state index in [0.29, 0.717) is 12.0 Å². The Hall–Kier alpha value is -0.340. The fourth-order valence-corrected chi connectivity index (χ4v) is 2.41. The molecule has 0 heterocycles. The van der Waals surface area contributed by atoms with Crippen molar-refractivity contribution >= 4 is 15.9 Å². The molecule has 1 aromatic carbocycles. The van der Waals surface area contributed by atoms with Crippen LogP contribution in [-0.4, -0.2) is 18.0 Å². The molecule has 1 atom stereocenters. The van der Waals surface area contributed by atoms with Crippen LogP contribution in [0.15, 0.2) is 24.3 Å². The van der Waals surface area contributed by atoms with Crippen LogP contribution >= 0.6 is 15.9 Å². The molecule has 0 aliphatic rings. The molecule has 0 aliphatic heterocycles. The average molecular weight is 299 g/mol. The number of hydrogen-bond donors (Lipinski definition) is 0. The predicted molar refractivity (Wildman–Crippen MR) is 77.9 cm³/mol. The summed E-state index contributed by atoms with van der Waals surface area (Å²) >= 11 is 3.61. The van der Waals surface area contributed by atoms with E-state index in [-0.39, 0.29) is 0 Å². The van der Waals surface area contributed by atoms with Crippen molar-refractivity contribution in [2.24, 2.45) is 5.92 Å². The fourth-order valence-electron chi connectivity index (χ4n) is 1.85. The summed E-state index contributed by atoms with van der Waals surface area (Å²) in [6.45, 7) is 7.22. The van der Waals surface area contributed by atoms with Crippen molar-refractivity contribution in [1.29, 1.82) is 0 Å². The molecule has 0 amide bonds. The summed E-state index contributed by atoms with van der Waals surface area (Å²) in [4.78, 5) is 0. The Morgan fingerprint density at radius 2 is 1.94 bits per heavy atom. The Bertz CT molecular complexity index is 322. The van der Waals surface area contributed by atoms with Crippen LogP contribution in [0.4, 0.5) is 0 Å². The molecule has 0 spiro atoms. The van der Waals surface area contributed by atoms with Crippen LogP contribution in [0.1, 0.15) is 31.4 Å². The zero-order valence-electron chi connectivity index (χ0n) is 11.1. The fraction of sp³-hybridized carbons (Fsp3) is 0.600. The van der Waals surface area contributed by atoms with E-state index >= 15 is 0 Å². The van der Waals surface area contributed by atoms with Gasteiger partial charge in [0.2, 0.25) is 0 Å². The summed E-state index contributed by atoms with van der Waals surface area (Å²) in [5.41, 5.74) is 2.85.